The summed E-state index contributed by atoms with van der Waals surface area (Å²) in [6, 6.07) is 20.6. The van der Waals surface area contributed by atoms with Gasteiger partial charge in [0.05, 0.1) is 10.6 Å². The van der Waals surface area contributed by atoms with E-state index < -0.39 is 0 Å². The van der Waals surface area contributed by atoms with E-state index in [9.17, 15) is 9.59 Å². The summed E-state index contributed by atoms with van der Waals surface area (Å²) in [5.74, 6) is 0.877. The van der Waals surface area contributed by atoms with E-state index in [2.05, 4.69) is 12.2 Å². The molecular weight excluding hydrogens is 519 g/mol. The topological polar surface area (TPSA) is 49.4 Å². The lowest BCUT2D eigenvalue weighted by Crippen LogP contribution is -2.32. The standard InChI is InChI=1S/C27H24Cl2N2O2S2/c1-17(16-34-21-10-8-20(28)9-11-21)15-30-26(32)19-7-12-24-23(13-19)31(2)27(33)25(35-24)14-18-5-3-4-6-22(18)29/h3-14,17H,15-16H2,1-2H3,(H,30,32)/b25-14+. The summed E-state index contributed by atoms with van der Waals surface area (Å²) in [5.41, 5.74) is 2.04. The zero-order chi connectivity index (χ0) is 24.9. The van der Waals surface area contributed by atoms with Gasteiger partial charge >= 0.3 is 0 Å². The van der Waals surface area contributed by atoms with Crippen molar-refractivity contribution in [3.8, 4) is 0 Å². The van der Waals surface area contributed by atoms with Crippen LogP contribution in [0.4, 0.5) is 5.69 Å². The van der Waals surface area contributed by atoms with E-state index in [0.717, 1.165) is 31.8 Å². The second kappa shape index (κ2) is 11.6. The fourth-order valence-electron chi connectivity index (χ4n) is 3.47. The molecule has 0 fully saturated rings. The summed E-state index contributed by atoms with van der Waals surface area (Å²) in [4.78, 5) is 30.0. The first kappa shape index (κ1) is 25.7. The summed E-state index contributed by atoms with van der Waals surface area (Å²) in [6.45, 7) is 2.66. The number of amides is 2. The number of halogens is 2. The second-order valence-corrected chi connectivity index (χ2v) is 11.3. The Hall–Kier alpha value is -2.38. The number of rotatable bonds is 7. The van der Waals surface area contributed by atoms with E-state index >= 15 is 0 Å². The maximum atomic E-state index is 13.0. The molecule has 0 aliphatic carbocycles. The van der Waals surface area contributed by atoms with Gasteiger partial charge in [0, 0.05) is 44.7 Å². The van der Waals surface area contributed by atoms with Gasteiger partial charge in [-0.1, -0.05) is 60.1 Å². The lowest BCUT2D eigenvalue weighted by atomic mass is 10.1. The molecule has 2 amide bonds. The highest BCUT2D eigenvalue weighted by atomic mass is 35.5. The number of carbonyl (C=O) groups is 2. The predicted octanol–water partition coefficient (Wildman–Crippen LogP) is 7.26. The maximum Gasteiger partial charge on any atom is 0.264 e. The van der Waals surface area contributed by atoms with Crippen LogP contribution in [0.25, 0.3) is 6.08 Å². The SMILES string of the molecule is CC(CNC(=O)c1ccc2c(c1)N(C)C(=O)/C(=C\c1ccccc1Cl)S2)CSc1ccc(Cl)cc1. The molecule has 1 heterocycles. The Morgan fingerprint density at radius 1 is 1.11 bits per heavy atom. The lowest BCUT2D eigenvalue weighted by Gasteiger charge is -2.27. The molecule has 1 N–H and O–H groups in total. The van der Waals surface area contributed by atoms with E-state index in [1.165, 1.54) is 11.8 Å². The first-order chi connectivity index (χ1) is 16.8. The lowest BCUT2D eigenvalue weighted by molar-refractivity contribution is -0.114. The van der Waals surface area contributed by atoms with Crippen LogP contribution in [0.5, 0.6) is 0 Å². The van der Waals surface area contributed by atoms with E-state index in [4.69, 9.17) is 23.2 Å². The van der Waals surface area contributed by atoms with Gasteiger partial charge in [0.25, 0.3) is 11.8 Å². The smallest absolute Gasteiger partial charge is 0.264 e. The van der Waals surface area contributed by atoms with Gasteiger partial charge in [-0.15, -0.1) is 11.8 Å². The molecule has 0 saturated heterocycles. The molecule has 1 unspecified atom stereocenters. The predicted molar refractivity (Wildman–Crippen MR) is 149 cm³/mol. The number of carbonyl (C=O) groups excluding carboxylic acids is 2. The van der Waals surface area contributed by atoms with Gasteiger partial charge in [0.15, 0.2) is 0 Å². The molecule has 4 nitrogen and oxygen atoms in total. The van der Waals surface area contributed by atoms with Crippen LogP contribution in [0.2, 0.25) is 10.0 Å². The molecule has 180 valence electrons. The van der Waals surface area contributed by atoms with Crippen molar-refractivity contribution in [2.24, 2.45) is 5.92 Å². The molecule has 1 aliphatic rings. The van der Waals surface area contributed by atoms with Crippen LogP contribution in [-0.4, -0.2) is 31.2 Å². The number of nitrogens with zero attached hydrogens (tertiary/aromatic N) is 1. The number of hydrogen-bond acceptors (Lipinski definition) is 4. The third kappa shape index (κ3) is 6.44. The van der Waals surface area contributed by atoms with Gasteiger partial charge in [0.1, 0.15) is 0 Å². The largest absolute Gasteiger partial charge is 0.352 e. The van der Waals surface area contributed by atoms with Crippen LogP contribution in [0, 0.1) is 5.92 Å². The maximum absolute atomic E-state index is 13.0. The minimum Gasteiger partial charge on any atom is -0.352 e. The number of hydrogen-bond donors (Lipinski definition) is 1. The number of anilines is 1. The summed E-state index contributed by atoms with van der Waals surface area (Å²) in [7, 11) is 1.72. The number of nitrogens with one attached hydrogen (secondary N) is 1. The number of benzene rings is 3. The average Bonchev–Trinajstić information content (AvgIpc) is 2.86. The molecule has 3 aromatic rings. The van der Waals surface area contributed by atoms with Crippen LogP contribution >= 0.6 is 46.7 Å². The number of thioether (sulfide) groups is 2. The quantitative estimate of drug-likeness (QED) is 0.252. The van der Waals surface area contributed by atoms with Crippen LogP contribution in [-0.2, 0) is 4.79 Å². The summed E-state index contributed by atoms with van der Waals surface area (Å²) in [6.07, 6.45) is 1.80. The molecule has 35 heavy (non-hydrogen) atoms. The van der Waals surface area contributed by atoms with E-state index in [1.54, 1.807) is 48.0 Å². The molecule has 0 saturated carbocycles. The fraction of sp³-hybridized carbons (Fsp3) is 0.185. The zero-order valence-electron chi connectivity index (χ0n) is 19.3. The normalized spacial score (nSPS) is 15.1. The molecule has 0 radical (unpaired) electrons. The van der Waals surface area contributed by atoms with E-state index in [1.807, 2.05) is 48.5 Å². The number of fused-ring (bicyclic) bond motifs is 1. The first-order valence-corrected chi connectivity index (χ1v) is 13.6. The molecule has 1 atom stereocenters. The Kier molecular flexibility index (Phi) is 8.50. The van der Waals surface area contributed by atoms with Crippen molar-refractivity contribution in [1.82, 2.24) is 5.32 Å². The van der Waals surface area contributed by atoms with Gasteiger partial charge in [-0.2, -0.15) is 0 Å². The Bertz CT molecular complexity index is 1280. The molecule has 8 heteroatoms. The third-order valence-electron chi connectivity index (χ3n) is 5.47. The van der Waals surface area contributed by atoms with E-state index in [0.29, 0.717) is 22.0 Å². The number of likely N-dealkylation sites (N-methyl/N-ethyl adjacent to an activating group) is 1. The van der Waals surface area contributed by atoms with Crippen molar-refractivity contribution in [3.63, 3.8) is 0 Å². The Morgan fingerprint density at radius 3 is 2.60 bits per heavy atom. The third-order valence-corrected chi connectivity index (χ3v) is 8.48. The Labute approximate surface area is 224 Å². The minimum absolute atomic E-state index is 0.132. The highest BCUT2D eigenvalue weighted by Crippen LogP contribution is 2.42. The van der Waals surface area contributed by atoms with E-state index in [-0.39, 0.29) is 17.7 Å². The highest BCUT2D eigenvalue weighted by molar-refractivity contribution is 8.04. The van der Waals surface area contributed by atoms with Gasteiger partial charge in [-0.3, -0.25) is 9.59 Å². The van der Waals surface area contributed by atoms with Crippen molar-refractivity contribution in [1.29, 1.82) is 0 Å². The van der Waals surface area contributed by atoms with Crippen molar-refractivity contribution in [3.05, 3.63) is 92.8 Å². The fourth-order valence-corrected chi connectivity index (χ4v) is 5.79. The van der Waals surface area contributed by atoms with Crippen molar-refractivity contribution < 1.29 is 9.59 Å². The second-order valence-electron chi connectivity index (χ2n) is 8.26. The Morgan fingerprint density at radius 2 is 1.86 bits per heavy atom. The molecule has 0 bridgehead atoms. The van der Waals surface area contributed by atoms with Crippen LogP contribution in [0.1, 0.15) is 22.8 Å². The molecule has 4 rings (SSSR count). The van der Waals surface area contributed by atoms with Crippen molar-refractivity contribution in [2.75, 3.05) is 24.2 Å². The van der Waals surface area contributed by atoms with Crippen molar-refractivity contribution >= 4 is 70.3 Å². The Balaban J connectivity index is 1.39. The summed E-state index contributed by atoms with van der Waals surface area (Å²) >= 11 is 15.3. The molecule has 3 aromatic carbocycles. The zero-order valence-corrected chi connectivity index (χ0v) is 22.4. The van der Waals surface area contributed by atoms with Gasteiger partial charge in [-0.05, 0) is 66.1 Å². The first-order valence-electron chi connectivity index (χ1n) is 11.0. The van der Waals surface area contributed by atoms with Crippen LogP contribution in [0.3, 0.4) is 0 Å². The summed E-state index contributed by atoms with van der Waals surface area (Å²) < 4.78 is 0. The summed E-state index contributed by atoms with van der Waals surface area (Å²) in [5, 5.41) is 4.33. The molecular formula is C27H24Cl2N2O2S2. The molecule has 0 spiro atoms. The van der Waals surface area contributed by atoms with Gasteiger partial charge in [0.2, 0.25) is 0 Å². The van der Waals surface area contributed by atoms with Crippen molar-refractivity contribution in [2.45, 2.75) is 16.7 Å². The minimum atomic E-state index is -0.153. The van der Waals surface area contributed by atoms with Gasteiger partial charge in [-0.25, -0.2) is 0 Å². The van der Waals surface area contributed by atoms with Crippen LogP contribution in [0.15, 0.2) is 81.4 Å². The highest BCUT2D eigenvalue weighted by Gasteiger charge is 2.27. The molecule has 0 aromatic heterocycles. The van der Waals surface area contributed by atoms with Gasteiger partial charge < -0.3 is 10.2 Å². The van der Waals surface area contributed by atoms with Crippen LogP contribution < -0.4 is 10.2 Å². The molecule has 1 aliphatic heterocycles. The average molecular weight is 544 g/mol. The monoisotopic (exact) mass is 542 g/mol.